The Bertz CT molecular complexity index is 647. The second kappa shape index (κ2) is 6.57. The topological polar surface area (TPSA) is 64.8 Å². The van der Waals surface area contributed by atoms with Gasteiger partial charge in [-0.15, -0.1) is 0 Å². The van der Waals surface area contributed by atoms with E-state index in [9.17, 15) is 0 Å². The molecular weight excluding hydrogens is 282 g/mol. The maximum Gasteiger partial charge on any atom is 0.192 e. The predicted octanol–water partition coefficient (Wildman–Crippen LogP) is 1.91. The Labute approximate surface area is 128 Å². The minimum Gasteiger partial charge on any atom is -0.368 e. The third kappa shape index (κ3) is 3.32. The van der Waals surface area contributed by atoms with Crippen LogP contribution in [0, 0.1) is 11.3 Å². The quantitative estimate of drug-likeness (QED) is 0.873. The molecule has 5 nitrogen and oxygen atoms in total. The molecule has 0 amide bonds. The van der Waals surface area contributed by atoms with Gasteiger partial charge in [-0.1, -0.05) is 0 Å². The van der Waals surface area contributed by atoms with Crippen LogP contribution in [0.4, 0.5) is 5.69 Å². The molecule has 2 heterocycles. The van der Waals surface area contributed by atoms with Crippen LogP contribution < -0.4 is 10.2 Å². The molecule has 0 unspecified atom stereocenters. The number of nitrogens with zero attached hydrogens (tertiary/aromatic N) is 4. The van der Waals surface area contributed by atoms with E-state index in [1.165, 1.54) is 11.8 Å². The number of rotatable bonds is 3. The van der Waals surface area contributed by atoms with Crippen LogP contribution in [0.25, 0.3) is 0 Å². The number of hydrogen-bond donors (Lipinski definition) is 1. The Balaban J connectivity index is 1.93. The summed E-state index contributed by atoms with van der Waals surface area (Å²) in [6.07, 6.45) is 3.46. The second-order valence-corrected chi connectivity index (χ2v) is 5.67. The number of nitriles is 1. The van der Waals surface area contributed by atoms with Crippen molar-refractivity contribution in [1.82, 2.24) is 15.3 Å². The highest BCUT2D eigenvalue weighted by atomic mass is 32.2. The lowest BCUT2D eigenvalue weighted by Gasteiger charge is -2.30. The summed E-state index contributed by atoms with van der Waals surface area (Å²) in [5.41, 5.74) is 1.81. The SMILES string of the molecule is N#Cc1ccc(N2CCNCC2)c(Sc2ncccn2)c1. The van der Waals surface area contributed by atoms with Crippen molar-refractivity contribution >= 4 is 17.4 Å². The summed E-state index contributed by atoms with van der Waals surface area (Å²) in [5, 5.41) is 13.2. The van der Waals surface area contributed by atoms with E-state index >= 15 is 0 Å². The molecule has 1 N–H and O–H groups in total. The van der Waals surface area contributed by atoms with Crippen molar-refractivity contribution in [2.75, 3.05) is 31.1 Å². The minimum absolute atomic E-state index is 0.660. The van der Waals surface area contributed by atoms with Crippen LogP contribution in [0.2, 0.25) is 0 Å². The van der Waals surface area contributed by atoms with Crippen molar-refractivity contribution < 1.29 is 0 Å². The van der Waals surface area contributed by atoms with Crippen molar-refractivity contribution in [3.05, 3.63) is 42.2 Å². The van der Waals surface area contributed by atoms with E-state index in [0.717, 1.165) is 36.8 Å². The van der Waals surface area contributed by atoms with Gasteiger partial charge in [-0.2, -0.15) is 5.26 Å². The van der Waals surface area contributed by atoms with E-state index in [1.54, 1.807) is 18.5 Å². The average molecular weight is 297 g/mol. The summed E-state index contributed by atoms with van der Waals surface area (Å²) >= 11 is 1.50. The maximum absolute atomic E-state index is 9.12. The van der Waals surface area contributed by atoms with Gasteiger partial charge in [-0.3, -0.25) is 0 Å². The molecule has 3 rings (SSSR count). The zero-order valence-electron chi connectivity index (χ0n) is 11.5. The monoisotopic (exact) mass is 297 g/mol. The van der Waals surface area contributed by atoms with Gasteiger partial charge in [0.05, 0.1) is 17.3 Å². The Hall–Kier alpha value is -2.10. The van der Waals surface area contributed by atoms with Crippen molar-refractivity contribution in [2.45, 2.75) is 10.1 Å². The van der Waals surface area contributed by atoms with Gasteiger partial charge in [0, 0.05) is 43.5 Å². The van der Waals surface area contributed by atoms with Crippen molar-refractivity contribution in [2.24, 2.45) is 0 Å². The van der Waals surface area contributed by atoms with Gasteiger partial charge in [-0.25, -0.2) is 9.97 Å². The van der Waals surface area contributed by atoms with E-state index < -0.39 is 0 Å². The molecule has 1 aliphatic heterocycles. The molecule has 0 spiro atoms. The molecule has 2 aromatic rings. The van der Waals surface area contributed by atoms with E-state index in [1.807, 2.05) is 18.2 Å². The largest absolute Gasteiger partial charge is 0.368 e. The Morgan fingerprint density at radius 2 is 1.95 bits per heavy atom. The molecule has 0 saturated carbocycles. The van der Waals surface area contributed by atoms with Gasteiger partial charge >= 0.3 is 0 Å². The number of anilines is 1. The highest BCUT2D eigenvalue weighted by Crippen LogP contribution is 2.34. The number of benzene rings is 1. The molecule has 0 radical (unpaired) electrons. The number of hydrogen-bond acceptors (Lipinski definition) is 6. The standard InChI is InChI=1S/C15H15N5S/c16-11-12-2-3-13(20-8-6-17-7-9-20)14(10-12)21-15-18-4-1-5-19-15/h1-5,10,17H,6-9H2. The highest BCUT2D eigenvalue weighted by molar-refractivity contribution is 7.99. The zero-order valence-corrected chi connectivity index (χ0v) is 12.3. The molecule has 1 aromatic heterocycles. The molecule has 1 aliphatic rings. The fraction of sp³-hybridized carbons (Fsp3) is 0.267. The van der Waals surface area contributed by atoms with Gasteiger partial charge in [0.2, 0.25) is 0 Å². The first-order valence-corrected chi connectivity index (χ1v) is 7.63. The summed E-state index contributed by atoms with van der Waals surface area (Å²) in [6, 6.07) is 9.80. The second-order valence-electron chi connectivity index (χ2n) is 4.66. The highest BCUT2D eigenvalue weighted by Gasteiger charge is 2.16. The third-order valence-electron chi connectivity index (χ3n) is 3.29. The minimum atomic E-state index is 0.660. The molecule has 0 aliphatic carbocycles. The lowest BCUT2D eigenvalue weighted by atomic mass is 10.2. The van der Waals surface area contributed by atoms with Crippen LogP contribution >= 0.6 is 11.8 Å². The molecule has 106 valence electrons. The van der Waals surface area contributed by atoms with Gasteiger partial charge in [0.25, 0.3) is 0 Å². The van der Waals surface area contributed by atoms with Crippen molar-refractivity contribution in [3.8, 4) is 6.07 Å². The summed E-state index contributed by atoms with van der Waals surface area (Å²) in [4.78, 5) is 11.9. The Kier molecular flexibility index (Phi) is 4.34. The smallest absolute Gasteiger partial charge is 0.192 e. The molecular formula is C15H15N5S. The maximum atomic E-state index is 9.12. The summed E-state index contributed by atoms with van der Waals surface area (Å²) < 4.78 is 0. The molecule has 6 heteroatoms. The Morgan fingerprint density at radius 3 is 2.67 bits per heavy atom. The van der Waals surface area contributed by atoms with Crippen LogP contribution in [-0.4, -0.2) is 36.1 Å². The van der Waals surface area contributed by atoms with Crippen LogP contribution in [0.3, 0.4) is 0 Å². The lowest BCUT2D eigenvalue weighted by molar-refractivity contribution is 0.587. The first kappa shape index (κ1) is 13.9. The predicted molar refractivity (Wildman–Crippen MR) is 82.4 cm³/mol. The van der Waals surface area contributed by atoms with Crippen molar-refractivity contribution in [1.29, 1.82) is 5.26 Å². The fourth-order valence-corrected chi connectivity index (χ4v) is 3.18. The van der Waals surface area contributed by atoms with Gasteiger partial charge < -0.3 is 10.2 Å². The lowest BCUT2D eigenvalue weighted by Crippen LogP contribution is -2.43. The molecule has 1 aromatic carbocycles. The van der Waals surface area contributed by atoms with E-state index in [2.05, 4.69) is 26.3 Å². The molecule has 21 heavy (non-hydrogen) atoms. The average Bonchev–Trinajstić information content (AvgIpc) is 2.56. The third-order valence-corrected chi connectivity index (χ3v) is 4.23. The van der Waals surface area contributed by atoms with E-state index in [0.29, 0.717) is 10.7 Å². The van der Waals surface area contributed by atoms with Crippen molar-refractivity contribution in [3.63, 3.8) is 0 Å². The molecule has 0 atom stereocenters. The van der Waals surface area contributed by atoms with Crippen LogP contribution in [0.1, 0.15) is 5.56 Å². The van der Waals surface area contributed by atoms with Crippen LogP contribution in [0.5, 0.6) is 0 Å². The van der Waals surface area contributed by atoms with Gasteiger partial charge in [-0.05, 0) is 36.0 Å². The molecule has 1 fully saturated rings. The van der Waals surface area contributed by atoms with Gasteiger partial charge in [0.15, 0.2) is 5.16 Å². The van der Waals surface area contributed by atoms with E-state index in [-0.39, 0.29) is 0 Å². The molecule has 0 bridgehead atoms. The Morgan fingerprint density at radius 1 is 1.19 bits per heavy atom. The number of aromatic nitrogens is 2. The summed E-state index contributed by atoms with van der Waals surface area (Å²) in [6.45, 7) is 3.89. The zero-order chi connectivity index (χ0) is 14.5. The van der Waals surface area contributed by atoms with Gasteiger partial charge in [0.1, 0.15) is 0 Å². The summed E-state index contributed by atoms with van der Waals surface area (Å²) in [5.74, 6) is 0. The first-order valence-electron chi connectivity index (χ1n) is 6.81. The normalized spacial score (nSPS) is 14.7. The number of nitrogens with one attached hydrogen (secondary N) is 1. The van der Waals surface area contributed by atoms with E-state index in [4.69, 9.17) is 5.26 Å². The summed E-state index contributed by atoms with van der Waals surface area (Å²) in [7, 11) is 0. The number of piperazine rings is 1. The fourth-order valence-electron chi connectivity index (χ4n) is 2.27. The van der Waals surface area contributed by atoms with Crippen LogP contribution in [0.15, 0.2) is 46.7 Å². The first-order chi connectivity index (χ1) is 10.4. The van der Waals surface area contributed by atoms with Crippen LogP contribution in [-0.2, 0) is 0 Å². The molecule has 1 saturated heterocycles.